The number of carbonyl (C=O) groups excluding carboxylic acids is 1. The Kier molecular flexibility index (Phi) is 5.20. The number of hydrogen-bond donors (Lipinski definition) is 2. The summed E-state index contributed by atoms with van der Waals surface area (Å²) >= 11 is 5.99. The largest absolute Gasteiger partial charge is 0.321 e. The van der Waals surface area contributed by atoms with Crippen molar-refractivity contribution in [2.24, 2.45) is 0 Å². The molecule has 0 radical (unpaired) electrons. The first-order chi connectivity index (χ1) is 12.5. The van der Waals surface area contributed by atoms with E-state index in [1.165, 1.54) is 24.4 Å². The number of para-hydroxylation sites is 1. The quantitative estimate of drug-likeness (QED) is 0.697. The summed E-state index contributed by atoms with van der Waals surface area (Å²) in [4.78, 5) is 16.1. The van der Waals surface area contributed by atoms with Gasteiger partial charge in [-0.2, -0.15) is 0 Å². The van der Waals surface area contributed by atoms with Gasteiger partial charge in [0.25, 0.3) is 15.9 Å². The van der Waals surface area contributed by atoms with E-state index in [0.717, 1.165) is 0 Å². The van der Waals surface area contributed by atoms with E-state index in [4.69, 9.17) is 11.6 Å². The summed E-state index contributed by atoms with van der Waals surface area (Å²) in [5, 5.41) is 2.91. The van der Waals surface area contributed by atoms with Crippen molar-refractivity contribution in [3.05, 3.63) is 83.6 Å². The Balaban J connectivity index is 1.82. The maximum Gasteiger partial charge on any atom is 0.274 e. The predicted molar refractivity (Wildman–Crippen MR) is 101 cm³/mol. The lowest BCUT2D eigenvalue weighted by atomic mass is 10.3. The van der Waals surface area contributed by atoms with E-state index in [-0.39, 0.29) is 21.3 Å². The Labute approximate surface area is 155 Å². The molecular formula is C18H14ClN3O3S. The summed E-state index contributed by atoms with van der Waals surface area (Å²) in [5.41, 5.74) is 0.842. The molecule has 0 saturated heterocycles. The monoisotopic (exact) mass is 387 g/mol. The van der Waals surface area contributed by atoms with Gasteiger partial charge in [0.2, 0.25) is 0 Å². The number of halogens is 1. The Hall–Kier alpha value is -2.90. The van der Waals surface area contributed by atoms with Crippen molar-refractivity contribution in [3.8, 4) is 0 Å². The molecule has 1 amide bonds. The molecule has 2 aromatic carbocycles. The van der Waals surface area contributed by atoms with Crippen LogP contribution in [-0.4, -0.2) is 19.3 Å². The van der Waals surface area contributed by atoms with E-state index in [1.54, 1.807) is 48.5 Å². The van der Waals surface area contributed by atoms with Crippen molar-refractivity contribution in [1.82, 2.24) is 4.98 Å². The summed E-state index contributed by atoms with van der Waals surface area (Å²) in [6, 6.07) is 17.4. The number of hydrogen-bond acceptors (Lipinski definition) is 4. The molecule has 0 atom stereocenters. The molecule has 2 N–H and O–H groups in total. The SMILES string of the molecule is O=C(Nc1cccc(S(=O)(=O)Nc2ccccc2Cl)c1)c1ccccn1. The number of aromatic nitrogens is 1. The molecule has 0 unspecified atom stereocenters. The van der Waals surface area contributed by atoms with Gasteiger partial charge >= 0.3 is 0 Å². The van der Waals surface area contributed by atoms with Crippen LogP contribution in [0.2, 0.25) is 5.02 Å². The lowest BCUT2D eigenvalue weighted by Crippen LogP contribution is -2.15. The van der Waals surface area contributed by atoms with E-state index in [1.807, 2.05) is 0 Å². The van der Waals surface area contributed by atoms with Crippen LogP contribution in [0.3, 0.4) is 0 Å². The Bertz CT molecular complexity index is 1040. The van der Waals surface area contributed by atoms with Crippen molar-refractivity contribution in [2.45, 2.75) is 4.90 Å². The third kappa shape index (κ3) is 4.19. The third-order valence-electron chi connectivity index (χ3n) is 3.42. The molecule has 132 valence electrons. The maximum absolute atomic E-state index is 12.6. The molecule has 8 heteroatoms. The predicted octanol–water partition coefficient (Wildman–Crippen LogP) is 3.79. The number of sulfonamides is 1. The van der Waals surface area contributed by atoms with Crippen LogP contribution in [0.15, 0.2) is 77.8 Å². The molecule has 0 aliphatic rings. The first kappa shape index (κ1) is 17.9. The highest BCUT2D eigenvalue weighted by molar-refractivity contribution is 7.92. The van der Waals surface area contributed by atoms with Gasteiger partial charge in [-0.15, -0.1) is 0 Å². The van der Waals surface area contributed by atoms with Gasteiger partial charge in [-0.1, -0.05) is 35.9 Å². The van der Waals surface area contributed by atoms with Crippen molar-refractivity contribution in [2.75, 3.05) is 10.0 Å². The second-order valence-corrected chi connectivity index (χ2v) is 7.37. The average Bonchev–Trinajstić information content (AvgIpc) is 2.64. The summed E-state index contributed by atoms with van der Waals surface area (Å²) < 4.78 is 27.6. The first-order valence-electron chi connectivity index (χ1n) is 7.55. The summed E-state index contributed by atoms with van der Waals surface area (Å²) in [6.45, 7) is 0. The fourth-order valence-electron chi connectivity index (χ4n) is 2.18. The van der Waals surface area contributed by atoms with Crippen LogP contribution >= 0.6 is 11.6 Å². The number of pyridine rings is 1. The van der Waals surface area contributed by atoms with Gasteiger partial charge in [0.15, 0.2) is 0 Å². The topological polar surface area (TPSA) is 88.2 Å². The zero-order valence-corrected chi connectivity index (χ0v) is 15.0. The zero-order chi connectivity index (χ0) is 18.6. The fraction of sp³-hybridized carbons (Fsp3) is 0. The van der Waals surface area contributed by atoms with Crippen molar-refractivity contribution < 1.29 is 13.2 Å². The van der Waals surface area contributed by atoms with E-state index < -0.39 is 15.9 Å². The number of rotatable bonds is 5. The highest BCUT2D eigenvalue weighted by Gasteiger charge is 2.17. The first-order valence-corrected chi connectivity index (χ1v) is 9.42. The van der Waals surface area contributed by atoms with Crippen LogP contribution in [0, 0.1) is 0 Å². The van der Waals surface area contributed by atoms with Crippen LogP contribution in [-0.2, 0) is 10.0 Å². The normalized spacial score (nSPS) is 11.0. The molecule has 3 aromatic rings. The van der Waals surface area contributed by atoms with Crippen LogP contribution < -0.4 is 10.0 Å². The molecule has 0 spiro atoms. The minimum Gasteiger partial charge on any atom is -0.321 e. The number of nitrogens with one attached hydrogen (secondary N) is 2. The minimum atomic E-state index is -3.86. The van der Waals surface area contributed by atoms with Crippen LogP contribution in [0.4, 0.5) is 11.4 Å². The lowest BCUT2D eigenvalue weighted by Gasteiger charge is -2.11. The van der Waals surface area contributed by atoms with Crippen molar-refractivity contribution in [3.63, 3.8) is 0 Å². The number of carbonyl (C=O) groups is 1. The van der Waals surface area contributed by atoms with Crippen LogP contribution in [0.1, 0.15) is 10.5 Å². The molecule has 0 aliphatic heterocycles. The Morgan fingerprint density at radius 3 is 2.46 bits per heavy atom. The molecule has 1 aromatic heterocycles. The van der Waals surface area contributed by atoms with Gasteiger partial charge in [0.1, 0.15) is 5.69 Å². The van der Waals surface area contributed by atoms with Gasteiger partial charge in [0.05, 0.1) is 15.6 Å². The number of benzene rings is 2. The summed E-state index contributed by atoms with van der Waals surface area (Å²) in [5.74, 6) is -0.431. The highest BCUT2D eigenvalue weighted by Crippen LogP contribution is 2.25. The lowest BCUT2D eigenvalue weighted by molar-refractivity contribution is 0.102. The molecule has 26 heavy (non-hydrogen) atoms. The number of nitrogens with zero attached hydrogens (tertiary/aromatic N) is 1. The van der Waals surface area contributed by atoms with Gasteiger partial charge < -0.3 is 5.32 Å². The number of amides is 1. The van der Waals surface area contributed by atoms with Gasteiger partial charge in [0, 0.05) is 11.9 Å². The fourth-order valence-corrected chi connectivity index (χ4v) is 3.55. The van der Waals surface area contributed by atoms with Crippen molar-refractivity contribution >= 4 is 38.9 Å². The zero-order valence-electron chi connectivity index (χ0n) is 13.4. The van der Waals surface area contributed by atoms with Crippen LogP contribution in [0.25, 0.3) is 0 Å². The molecule has 0 fully saturated rings. The maximum atomic E-state index is 12.6. The molecule has 6 nitrogen and oxygen atoms in total. The minimum absolute atomic E-state index is 0.00348. The summed E-state index contributed by atoms with van der Waals surface area (Å²) in [6.07, 6.45) is 1.50. The van der Waals surface area contributed by atoms with Crippen LogP contribution in [0.5, 0.6) is 0 Å². The van der Waals surface area contributed by atoms with Gasteiger partial charge in [-0.3, -0.25) is 14.5 Å². The highest BCUT2D eigenvalue weighted by atomic mass is 35.5. The molecule has 1 heterocycles. The second-order valence-electron chi connectivity index (χ2n) is 5.28. The smallest absolute Gasteiger partial charge is 0.274 e. The van der Waals surface area contributed by atoms with E-state index in [2.05, 4.69) is 15.0 Å². The Morgan fingerprint density at radius 2 is 1.73 bits per heavy atom. The van der Waals surface area contributed by atoms with Gasteiger partial charge in [-0.05, 0) is 42.5 Å². The molecular weight excluding hydrogens is 374 g/mol. The molecule has 3 rings (SSSR count). The van der Waals surface area contributed by atoms with E-state index in [0.29, 0.717) is 5.69 Å². The Morgan fingerprint density at radius 1 is 0.962 bits per heavy atom. The summed E-state index contributed by atoms with van der Waals surface area (Å²) in [7, 11) is -3.86. The molecule has 0 aliphatic carbocycles. The molecule has 0 saturated carbocycles. The molecule has 0 bridgehead atoms. The average molecular weight is 388 g/mol. The number of anilines is 2. The second kappa shape index (κ2) is 7.55. The standard InChI is InChI=1S/C18H14ClN3O3S/c19-15-8-1-2-9-16(15)22-26(24,25)14-7-5-6-13(12-14)21-18(23)17-10-3-4-11-20-17/h1-12,22H,(H,21,23). The van der Waals surface area contributed by atoms with E-state index in [9.17, 15) is 13.2 Å². The van der Waals surface area contributed by atoms with E-state index >= 15 is 0 Å². The van der Waals surface area contributed by atoms with Gasteiger partial charge in [-0.25, -0.2) is 8.42 Å². The van der Waals surface area contributed by atoms with Crippen molar-refractivity contribution in [1.29, 1.82) is 0 Å². The third-order valence-corrected chi connectivity index (χ3v) is 5.11.